The molecule has 2 aromatic carbocycles. The van der Waals surface area contributed by atoms with Crippen LogP contribution in [0.2, 0.25) is 0 Å². The van der Waals surface area contributed by atoms with Gasteiger partial charge in [0.05, 0.1) is 6.04 Å². The molecule has 2 aromatic heterocycles. The van der Waals surface area contributed by atoms with Gasteiger partial charge in [0.15, 0.2) is 5.65 Å². The topological polar surface area (TPSA) is 97.5 Å². The van der Waals surface area contributed by atoms with Crippen LogP contribution in [0.25, 0.3) is 16.9 Å². The first-order valence-electron chi connectivity index (χ1n) is 11.8. The number of aryl methyl sites for hydroxylation is 4. The van der Waals surface area contributed by atoms with Gasteiger partial charge in [-0.2, -0.15) is 4.31 Å². The first-order chi connectivity index (χ1) is 17.2. The van der Waals surface area contributed by atoms with Crippen LogP contribution in [0, 0.1) is 20.8 Å². The van der Waals surface area contributed by atoms with Gasteiger partial charge in [0, 0.05) is 17.8 Å². The molecule has 8 nitrogen and oxygen atoms in total. The van der Waals surface area contributed by atoms with Gasteiger partial charge in [-0.25, -0.2) is 19.0 Å². The molecule has 0 spiro atoms. The summed E-state index contributed by atoms with van der Waals surface area (Å²) >= 11 is -2.53. The summed E-state index contributed by atoms with van der Waals surface area (Å²) in [7, 11) is 0. The zero-order valence-electron chi connectivity index (χ0n) is 21.1. The van der Waals surface area contributed by atoms with E-state index in [1.165, 1.54) is 0 Å². The molecule has 0 bridgehead atoms. The quantitative estimate of drug-likeness (QED) is 0.334. The zero-order valence-corrected chi connectivity index (χ0v) is 21.9. The Morgan fingerprint density at radius 2 is 1.75 bits per heavy atom. The second-order valence-electron chi connectivity index (χ2n) is 8.93. The number of pyridine rings is 1. The maximum absolute atomic E-state index is 12.7. The molecule has 36 heavy (non-hydrogen) atoms. The molecule has 2 atom stereocenters. The Balaban J connectivity index is 1.55. The second kappa shape index (κ2) is 10.6. The van der Waals surface area contributed by atoms with E-state index in [0.29, 0.717) is 12.2 Å². The molecular formula is C27H30N4O4S. The highest BCUT2D eigenvalue weighted by Gasteiger charge is 2.27. The Kier molecular flexibility index (Phi) is 7.51. The lowest BCUT2D eigenvalue weighted by Gasteiger charge is -2.24. The lowest BCUT2D eigenvalue weighted by atomic mass is 10.1. The molecule has 1 amide bonds. The Morgan fingerprint density at radius 3 is 2.36 bits per heavy atom. The van der Waals surface area contributed by atoms with Crippen molar-refractivity contribution in [2.75, 3.05) is 0 Å². The largest absolute Gasteiger partial charge is 0.429 e. The summed E-state index contributed by atoms with van der Waals surface area (Å²) in [4.78, 5) is 22.2. The molecule has 2 unspecified atom stereocenters. The molecule has 188 valence electrons. The van der Waals surface area contributed by atoms with Crippen LogP contribution >= 0.6 is 0 Å². The van der Waals surface area contributed by atoms with Crippen molar-refractivity contribution in [2.45, 2.75) is 53.5 Å². The first kappa shape index (κ1) is 25.5. The van der Waals surface area contributed by atoms with Crippen molar-refractivity contribution in [1.29, 1.82) is 0 Å². The fourth-order valence-electron chi connectivity index (χ4n) is 4.27. The number of hydrogen-bond donors (Lipinski definition) is 1. The van der Waals surface area contributed by atoms with Gasteiger partial charge in [-0.3, -0.25) is 9.12 Å². The Labute approximate surface area is 213 Å². The van der Waals surface area contributed by atoms with E-state index in [2.05, 4.69) is 11.5 Å². The first-order valence-corrected chi connectivity index (χ1v) is 12.9. The van der Waals surface area contributed by atoms with E-state index < -0.39 is 23.4 Å². The van der Waals surface area contributed by atoms with Crippen molar-refractivity contribution in [3.05, 3.63) is 82.8 Å². The normalized spacial score (nSPS) is 12.9. The van der Waals surface area contributed by atoms with E-state index in [9.17, 15) is 13.6 Å². The number of amides is 1. The highest BCUT2D eigenvalue weighted by Crippen LogP contribution is 2.24. The third kappa shape index (κ3) is 5.32. The van der Waals surface area contributed by atoms with Crippen molar-refractivity contribution >= 4 is 28.5 Å². The van der Waals surface area contributed by atoms with Crippen molar-refractivity contribution in [1.82, 2.24) is 18.8 Å². The third-order valence-corrected chi connectivity index (χ3v) is 6.87. The van der Waals surface area contributed by atoms with Gasteiger partial charge >= 0.3 is 6.09 Å². The van der Waals surface area contributed by atoms with E-state index in [4.69, 9.17) is 14.7 Å². The number of aromatic nitrogens is 3. The zero-order chi connectivity index (χ0) is 26.0. The highest BCUT2D eigenvalue weighted by molar-refractivity contribution is 7.77. The monoisotopic (exact) mass is 506 g/mol. The Morgan fingerprint density at radius 1 is 1.08 bits per heavy atom. The average molecular weight is 507 g/mol. The third-order valence-electron chi connectivity index (χ3n) is 6.02. The Hall–Kier alpha value is -3.56. The summed E-state index contributed by atoms with van der Waals surface area (Å²) in [5.74, 6) is 1.24. The summed E-state index contributed by atoms with van der Waals surface area (Å²) in [5, 5.41) is 0. The van der Waals surface area contributed by atoms with Gasteiger partial charge < -0.3 is 4.74 Å². The average Bonchev–Trinajstić information content (AvgIpc) is 3.19. The fourth-order valence-corrected chi connectivity index (χ4v) is 4.82. The molecule has 4 aromatic rings. The smallest absolute Gasteiger partial charge is 0.409 e. The number of carbonyl (C=O) groups is 1. The number of ether oxygens (including phenoxy) is 1. The number of benzene rings is 2. The van der Waals surface area contributed by atoms with Crippen LogP contribution in [-0.2, 0) is 24.1 Å². The molecule has 0 saturated carbocycles. The maximum atomic E-state index is 12.7. The molecule has 2 heterocycles. The molecule has 9 heteroatoms. The van der Waals surface area contributed by atoms with E-state index >= 15 is 0 Å². The SMILES string of the molecule is CCc1nc2c(C)cc(C)nc2n1-c1ccc(CC(C)N(C(=O)Oc2ccc(C)cc2)S(=O)O)cc1. The minimum absolute atomic E-state index is 0.316. The van der Waals surface area contributed by atoms with Gasteiger partial charge in [-0.1, -0.05) is 36.8 Å². The summed E-state index contributed by atoms with van der Waals surface area (Å²) in [6.07, 6.45) is 0.254. The molecule has 0 aliphatic heterocycles. The number of fused-ring (bicyclic) bond motifs is 1. The van der Waals surface area contributed by atoms with Crippen LogP contribution in [0.4, 0.5) is 4.79 Å². The van der Waals surface area contributed by atoms with Crippen LogP contribution < -0.4 is 4.74 Å². The van der Waals surface area contributed by atoms with Gasteiger partial charge in [-0.15, -0.1) is 0 Å². The van der Waals surface area contributed by atoms with Crippen molar-refractivity contribution in [3.63, 3.8) is 0 Å². The van der Waals surface area contributed by atoms with Crippen LogP contribution in [0.15, 0.2) is 54.6 Å². The number of nitrogens with zero attached hydrogens (tertiary/aromatic N) is 4. The van der Waals surface area contributed by atoms with E-state index in [-0.39, 0.29) is 0 Å². The fraction of sp³-hybridized carbons (Fsp3) is 0.296. The van der Waals surface area contributed by atoms with Crippen molar-refractivity contribution in [3.8, 4) is 11.4 Å². The van der Waals surface area contributed by atoms with Gasteiger partial charge in [0.2, 0.25) is 0 Å². The molecule has 4 rings (SSSR count). The number of carbonyl (C=O) groups excluding carboxylic acids is 1. The van der Waals surface area contributed by atoms with E-state index in [1.807, 2.05) is 51.1 Å². The molecule has 0 aliphatic carbocycles. The number of imidazole rings is 1. The maximum Gasteiger partial charge on any atom is 0.429 e. The molecule has 1 N–H and O–H groups in total. The summed E-state index contributed by atoms with van der Waals surface area (Å²) in [6.45, 7) is 9.71. The molecule has 0 radical (unpaired) electrons. The van der Waals surface area contributed by atoms with Gasteiger partial charge in [-0.05, 0) is 75.6 Å². The van der Waals surface area contributed by atoms with Crippen LogP contribution in [0.3, 0.4) is 0 Å². The number of hydrogen-bond acceptors (Lipinski definition) is 5. The standard InChI is InChI=1S/C27H30N4O4S/c1-6-24-29-25-18(3)15-19(4)28-26(25)30(24)22-11-9-21(10-12-22)16-20(5)31(36(33)34)27(32)35-23-13-7-17(2)8-14-23/h7-15,20H,6,16H2,1-5H3,(H,33,34). The second-order valence-corrected chi connectivity index (χ2v) is 9.78. The number of rotatable bonds is 7. The Bertz CT molecular complexity index is 1410. The lowest BCUT2D eigenvalue weighted by Crippen LogP contribution is -2.42. The lowest BCUT2D eigenvalue weighted by molar-refractivity contribution is 0.168. The van der Waals surface area contributed by atoms with E-state index in [1.54, 1.807) is 31.2 Å². The molecule has 0 saturated heterocycles. The highest BCUT2D eigenvalue weighted by atomic mass is 32.2. The predicted molar refractivity (Wildman–Crippen MR) is 141 cm³/mol. The predicted octanol–water partition coefficient (Wildman–Crippen LogP) is 5.48. The van der Waals surface area contributed by atoms with E-state index in [0.717, 1.165) is 55.8 Å². The summed E-state index contributed by atoms with van der Waals surface area (Å²) in [5.41, 5.74) is 6.60. The van der Waals surface area contributed by atoms with Crippen molar-refractivity contribution < 1.29 is 18.3 Å². The van der Waals surface area contributed by atoms with Crippen LogP contribution in [0.5, 0.6) is 5.75 Å². The molecule has 0 fully saturated rings. The van der Waals surface area contributed by atoms with Crippen LogP contribution in [0.1, 0.15) is 42.1 Å². The minimum atomic E-state index is -2.53. The van der Waals surface area contributed by atoms with Gasteiger partial charge in [0.25, 0.3) is 11.3 Å². The van der Waals surface area contributed by atoms with Crippen LogP contribution in [-0.4, -0.2) is 39.7 Å². The molecule has 0 aliphatic rings. The minimum Gasteiger partial charge on any atom is -0.409 e. The summed E-state index contributed by atoms with van der Waals surface area (Å²) in [6, 6.07) is 16.2. The summed E-state index contributed by atoms with van der Waals surface area (Å²) < 4.78 is 30.0. The van der Waals surface area contributed by atoms with Gasteiger partial charge in [0.1, 0.15) is 17.1 Å². The molecular weight excluding hydrogens is 476 g/mol. The van der Waals surface area contributed by atoms with Crippen molar-refractivity contribution in [2.24, 2.45) is 0 Å².